The first kappa shape index (κ1) is 20.1. The Balaban J connectivity index is 1.35. The van der Waals surface area contributed by atoms with Gasteiger partial charge in [-0.05, 0) is 47.0 Å². The maximum absolute atomic E-state index is 13.8. The fourth-order valence-corrected chi connectivity index (χ4v) is 5.60. The maximum atomic E-state index is 13.8. The van der Waals surface area contributed by atoms with E-state index in [1.807, 2.05) is 48.5 Å². The monoisotopic (exact) mass is 466 g/mol. The lowest BCUT2D eigenvalue weighted by molar-refractivity contribution is -0.159. The third-order valence-electron chi connectivity index (χ3n) is 7.18. The van der Waals surface area contributed by atoms with E-state index >= 15 is 0 Å². The number of hydrogen-bond acceptors (Lipinski definition) is 5. The van der Waals surface area contributed by atoms with Gasteiger partial charge in [0.1, 0.15) is 12.6 Å². The Kier molecular flexibility index (Phi) is 4.36. The molecule has 3 aliphatic rings. The van der Waals surface area contributed by atoms with Crippen molar-refractivity contribution in [2.45, 2.75) is 25.0 Å². The van der Waals surface area contributed by atoms with Crippen molar-refractivity contribution in [3.8, 4) is 11.5 Å². The van der Waals surface area contributed by atoms with Crippen LogP contribution in [0.1, 0.15) is 28.4 Å². The minimum absolute atomic E-state index is 0.0360. The van der Waals surface area contributed by atoms with Crippen LogP contribution in [0.2, 0.25) is 0 Å². The highest BCUT2D eigenvalue weighted by molar-refractivity contribution is 5.97. The zero-order valence-electron chi connectivity index (χ0n) is 18.8. The zero-order chi connectivity index (χ0) is 23.5. The lowest BCUT2D eigenvalue weighted by Crippen LogP contribution is -2.62. The third-order valence-corrected chi connectivity index (χ3v) is 7.18. The summed E-state index contributed by atoms with van der Waals surface area (Å²) in [4.78, 5) is 38.5. The highest BCUT2D eigenvalue weighted by atomic mass is 16.7. The minimum atomic E-state index is -0.583. The highest BCUT2D eigenvalue weighted by Gasteiger charge is 2.48. The lowest BCUT2D eigenvalue weighted by Gasteiger charge is -2.47. The number of para-hydroxylation sites is 1. The Morgan fingerprint density at radius 1 is 1.00 bits per heavy atom. The van der Waals surface area contributed by atoms with Crippen molar-refractivity contribution in [1.29, 1.82) is 0 Å². The molecule has 4 aromatic rings. The van der Waals surface area contributed by atoms with Crippen molar-refractivity contribution in [2.75, 3.05) is 13.3 Å². The van der Waals surface area contributed by atoms with Crippen molar-refractivity contribution < 1.29 is 19.1 Å². The van der Waals surface area contributed by atoms with Crippen molar-refractivity contribution in [2.24, 2.45) is 0 Å². The summed E-state index contributed by atoms with van der Waals surface area (Å²) in [6, 6.07) is 16.6. The minimum Gasteiger partial charge on any atom is -0.454 e. The van der Waals surface area contributed by atoms with E-state index in [1.165, 1.54) is 0 Å². The summed E-state index contributed by atoms with van der Waals surface area (Å²) in [7, 11) is 0. The zero-order valence-corrected chi connectivity index (χ0v) is 18.8. The smallest absolute Gasteiger partial charge is 0.246 e. The van der Waals surface area contributed by atoms with Crippen LogP contribution in [0.15, 0.2) is 67.0 Å². The van der Waals surface area contributed by atoms with Gasteiger partial charge in [0.15, 0.2) is 11.5 Å². The van der Waals surface area contributed by atoms with E-state index in [1.54, 1.807) is 22.2 Å². The average molecular weight is 466 g/mol. The molecule has 2 amide bonds. The number of hydrogen-bond donors (Lipinski definition) is 1. The second-order valence-electron chi connectivity index (χ2n) is 9.15. The predicted octanol–water partition coefficient (Wildman–Crippen LogP) is 3.18. The Morgan fingerprint density at radius 3 is 2.71 bits per heavy atom. The van der Waals surface area contributed by atoms with E-state index in [-0.39, 0.29) is 25.2 Å². The molecule has 0 unspecified atom stereocenters. The first-order chi connectivity index (χ1) is 17.2. The van der Waals surface area contributed by atoms with Crippen molar-refractivity contribution >= 4 is 22.7 Å². The summed E-state index contributed by atoms with van der Waals surface area (Å²) in [6.07, 6.45) is 3.87. The Bertz CT molecular complexity index is 1480. The first-order valence-corrected chi connectivity index (χ1v) is 11.7. The summed E-state index contributed by atoms with van der Waals surface area (Å²) < 4.78 is 11.1. The Labute approximate surface area is 201 Å². The quantitative estimate of drug-likeness (QED) is 0.501. The number of amides is 2. The second-order valence-corrected chi connectivity index (χ2v) is 9.15. The number of benzene rings is 2. The largest absolute Gasteiger partial charge is 0.454 e. The highest BCUT2D eigenvalue weighted by Crippen LogP contribution is 2.45. The van der Waals surface area contributed by atoms with E-state index in [0.29, 0.717) is 24.5 Å². The number of aromatic nitrogens is 2. The van der Waals surface area contributed by atoms with Crippen LogP contribution < -0.4 is 9.47 Å². The molecule has 0 spiro atoms. The van der Waals surface area contributed by atoms with Gasteiger partial charge in [-0.15, -0.1) is 0 Å². The van der Waals surface area contributed by atoms with Gasteiger partial charge in [-0.1, -0.05) is 24.3 Å². The molecule has 1 N–H and O–H groups in total. The van der Waals surface area contributed by atoms with E-state index in [4.69, 9.17) is 9.47 Å². The summed E-state index contributed by atoms with van der Waals surface area (Å²) in [5, 5.41) is 1.08. The second kappa shape index (κ2) is 7.59. The van der Waals surface area contributed by atoms with Crippen LogP contribution in [0.25, 0.3) is 10.9 Å². The number of ether oxygens (including phenoxy) is 2. The lowest BCUT2D eigenvalue weighted by atomic mass is 9.86. The third kappa shape index (κ3) is 3.10. The molecule has 5 heterocycles. The van der Waals surface area contributed by atoms with Crippen molar-refractivity contribution in [3.05, 3.63) is 89.4 Å². The van der Waals surface area contributed by atoms with Crippen LogP contribution in [-0.2, 0) is 22.6 Å². The first-order valence-electron chi connectivity index (χ1n) is 11.7. The van der Waals surface area contributed by atoms with Gasteiger partial charge in [0.2, 0.25) is 18.6 Å². The molecule has 1 fully saturated rings. The number of carbonyl (C=O) groups excluding carboxylic acids is 2. The van der Waals surface area contributed by atoms with E-state index < -0.39 is 12.1 Å². The fraction of sp³-hybridized carbons (Fsp3) is 0.222. The molecule has 3 aliphatic heterocycles. The van der Waals surface area contributed by atoms with Gasteiger partial charge in [0.25, 0.3) is 0 Å². The van der Waals surface area contributed by atoms with Gasteiger partial charge < -0.3 is 24.3 Å². The van der Waals surface area contributed by atoms with Gasteiger partial charge in [-0.2, -0.15) is 0 Å². The van der Waals surface area contributed by atoms with Gasteiger partial charge in [0, 0.05) is 42.0 Å². The van der Waals surface area contributed by atoms with Gasteiger partial charge in [-0.25, -0.2) is 0 Å². The molecule has 0 saturated carbocycles. The van der Waals surface area contributed by atoms with Gasteiger partial charge in [-0.3, -0.25) is 14.6 Å². The topological polar surface area (TPSA) is 87.8 Å². The van der Waals surface area contributed by atoms with Gasteiger partial charge >= 0.3 is 0 Å². The molecule has 0 aliphatic carbocycles. The molecule has 2 atom stereocenters. The number of nitrogens with zero attached hydrogens (tertiary/aromatic N) is 3. The Hall–Kier alpha value is -4.33. The predicted molar refractivity (Wildman–Crippen MR) is 127 cm³/mol. The number of pyridine rings is 1. The number of fused-ring (bicyclic) bond motifs is 5. The number of rotatable bonds is 3. The molecule has 2 aromatic heterocycles. The summed E-state index contributed by atoms with van der Waals surface area (Å²) >= 11 is 0. The van der Waals surface area contributed by atoms with Crippen molar-refractivity contribution in [1.82, 2.24) is 19.8 Å². The van der Waals surface area contributed by atoms with Gasteiger partial charge in [0.05, 0.1) is 6.04 Å². The number of piperazine rings is 1. The number of aromatic amines is 1. The summed E-state index contributed by atoms with van der Waals surface area (Å²) in [5.74, 6) is 1.22. The normalized spacial score (nSPS) is 20.8. The maximum Gasteiger partial charge on any atom is 0.246 e. The van der Waals surface area contributed by atoms with Crippen molar-refractivity contribution in [3.63, 3.8) is 0 Å². The molecule has 1 saturated heterocycles. The molecule has 8 heteroatoms. The Morgan fingerprint density at radius 2 is 1.83 bits per heavy atom. The molecule has 174 valence electrons. The molecule has 0 bridgehead atoms. The van der Waals surface area contributed by atoms with Crippen LogP contribution in [0.5, 0.6) is 11.5 Å². The van der Waals surface area contributed by atoms with E-state index in [9.17, 15) is 9.59 Å². The summed E-state index contributed by atoms with van der Waals surface area (Å²) in [6.45, 7) is 0.593. The number of H-pyrrole nitrogens is 1. The molecule has 2 aromatic carbocycles. The number of carbonyl (C=O) groups is 2. The fourth-order valence-electron chi connectivity index (χ4n) is 5.60. The molecule has 7 rings (SSSR count). The van der Waals surface area contributed by atoms with Crippen LogP contribution >= 0.6 is 0 Å². The van der Waals surface area contributed by atoms with Crippen LogP contribution in [0, 0.1) is 0 Å². The molecular formula is C27H22N4O4. The molecule has 0 radical (unpaired) electrons. The standard InChI is InChI=1S/C27H22N4O4/c32-24-14-30(13-16-7-9-28-10-8-16)27(33)21-12-19-18-3-1-2-4-20(18)29-25(19)26(31(21)24)17-5-6-22-23(11-17)35-15-34-22/h1-11,21,26,29H,12-15H2/t21-,26-/m1/s1. The SMILES string of the molecule is O=C1[C@H]2Cc3c([nH]c4ccccc34)[C@@H](c3ccc4c(c3)OCO4)N2C(=O)CN1Cc1ccncc1. The van der Waals surface area contributed by atoms with Crippen LogP contribution in [0.4, 0.5) is 0 Å². The summed E-state index contributed by atoms with van der Waals surface area (Å²) in [5.41, 5.74) is 4.86. The van der Waals surface area contributed by atoms with Crippen LogP contribution in [0.3, 0.4) is 0 Å². The number of nitrogens with one attached hydrogen (secondary N) is 1. The van der Waals surface area contributed by atoms with E-state index in [2.05, 4.69) is 16.0 Å². The van der Waals surface area contributed by atoms with E-state index in [0.717, 1.165) is 33.3 Å². The molecule has 35 heavy (non-hydrogen) atoms. The molecule has 8 nitrogen and oxygen atoms in total. The average Bonchev–Trinajstić information content (AvgIpc) is 3.50. The van der Waals surface area contributed by atoms with Crippen LogP contribution in [-0.4, -0.2) is 51.0 Å². The molecular weight excluding hydrogens is 444 g/mol.